The minimum absolute atomic E-state index is 0.00442. The monoisotopic (exact) mass is 419 g/mol. The van der Waals surface area contributed by atoms with Crippen molar-refractivity contribution < 1.29 is 4.79 Å². The van der Waals surface area contributed by atoms with E-state index in [1.807, 2.05) is 27.7 Å². The summed E-state index contributed by atoms with van der Waals surface area (Å²) in [4.78, 5) is 32.8. The van der Waals surface area contributed by atoms with Crippen molar-refractivity contribution in [3.05, 3.63) is 33.4 Å². The lowest BCUT2D eigenvalue weighted by Crippen LogP contribution is -2.44. The second-order valence-electron chi connectivity index (χ2n) is 8.34. The van der Waals surface area contributed by atoms with Crippen LogP contribution < -0.4 is 10.9 Å². The largest absolute Gasteiger partial charge is 0.351 e. The molecule has 2 heterocycles. The summed E-state index contributed by atoms with van der Waals surface area (Å²) in [6.45, 7) is 11.9. The number of allylic oxidation sites excluding steroid dienone is 1. The van der Waals surface area contributed by atoms with Crippen LogP contribution in [-0.2, 0) is 24.2 Å². The van der Waals surface area contributed by atoms with Crippen LogP contribution in [0.2, 0.25) is 0 Å². The maximum absolute atomic E-state index is 13.3. The predicted octanol–water partition coefficient (Wildman–Crippen LogP) is 4.31. The lowest BCUT2D eigenvalue weighted by atomic mass is 10.1. The smallest absolute Gasteiger partial charge is 0.263 e. The zero-order valence-electron chi connectivity index (χ0n) is 17.1. The van der Waals surface area contributed by atoms with E-state index >= 15 is 0 Å². The molecule has 0 saturated carbocycles. The van der Waals surface area contributed by atoms with Gasteiger partial charge in [-0.2, -0.15) is 0 Å². The number of aryl methyl sites for hydroxylation is 2. The number of rotatable bonds is 5. The summed E-state index contributed by atoms with van der Waals surface area (Å²) in [6.07, 6.45) is 7.21. The molecule has 1 N–H and O–H groups in total. The second-order valence-corrected chi connectivity index (χ2v) is 10.7. The molecule has 1 aliphatic carbocycles. The maximum Gasteiger partial charge on any atom is 0.263 e. The van der Waals surface area contributed by atoms with Gasteiger partial charge >= 0.3 is 0 Å². The van der Waals surface area contributed by atoms with Gasteiger partial charge in [0.2, 0.25) is 5.91 Å². The summed E-state index contributed by atoms with van der Waals surface area (Å²) in [5, 5.41) is 4.01. The third-order valence-corrected chi connectivity index (χ3v) is 7.03. The molecule has 152 valence electrons. The molecule has 0 aromatic carbocycles. The normalized spacial score (nSPS) is 15.7. The van der Waals surface area contributed by atoms with Crippen molar-refractivity contribution in [2.24, 2.45) is 0 Å². The number of hydrogen-bond acceptors (Lipinski definition) is 5. The number of nitrogens with zero attached hydrogens (tertiary/aromatic N) is 2. The highest BCUT2D eigenvalue weighted by Gasteiger charge is 2.25. The maximum atomic E-state index is 13.3. The Bertz CT molecular complexity index is 953. The summed E-state index contributed by atoms with van der Waals surface area (Å²) >= 11 is 2.99. The van der Waals surface area contributed by atoms with Crippen molar-refractivity contribution in [1.82, 2.24) is 14.9 Å². The van der Waals surface area contributed by atoms with Gasteiger partial charge in [-0.15, -0.1) is 17.9 Å². The zero-order chi connectivity index (χ0) is 20.5. The highest BCUT2D eigenvalue weighted by Crippen LogP contribution is 2.34. The van der Waals surface area contributed by atoms with Crippen LogP contribution in [0.1, 0.15) is 57.4 Å². The van der Waals surface area contributed by atoms with Crippen molar-refractivity contribution in [2.75, 3.05) is 0 Å². The standard InChI is InChI=1S/C21H29N3O2S2/c1-6-12-24-19(26)16-14-10-8-7-9-11-15(14)28-18(16)22-20(24)27-13(2)17(25)23-21(3,4)5/h6,13H,1,7-12H2,2-5H3,(H,23,25)/t13-/m0/s1. The molecule has 0 aliphatic heterocycles. The quantitative estimate of drug-likeness (QED) is 0.339. The Hall–Kier alpha value is -1.60. The number of thiophene rings is 1. The summed E-state index contributed by atoms with van der Waals surface area (Å²) in [5.74, 6) is -0.0565. The van der Waals surface area contributed by atoms with Crippen LogP contribution in [0.3, 0.4) is 0 Å². The van der Waals surface area contributed by atoms with Gasteiger partial charge in [-0.25, -0.2) is 4.98 Å². The molecule has 1 atom stereocenters. The number of nitrogens with one attached hydrogen (secondary N) is 1. The average Bonchev–Trinajstić information content (AvgIpc) is 2.78. The molecule has 7 heteroatoms. The van der Waals surface area contributed by atoms with Gasteiger partial charge in [-0.3, -0.25) is 14.2 Å². The number of carbonyl (C=O) groups is 1. The summed E-state index contributed by atoms with van der Waals surface area (Å²) in [7, 11) is 0. The van der Waals surface area contributed by atoms with E-state index in [0.717, 1.165) is 29.5 Å². The highest BCUT2D eigenvalue weighted by molar-refractivity contribution is 8.00. The van der Waals surface area contributed by atoms with Crippen LogP contribution in [-0.4, -0.2) is 26.2 Å². The molecule has 0 radical (unpaired) electrons. The number of carbonyl (C=O) groups excluding carboxylic acids is 1. The summed E-state index contributed by atoms with van der Waals surface area (Å²) in [5.41, 5.74) is 0.896. The van der Waals surface area contributed by atoms with E-state index in [-0.39, 0.29) is 22.3 Å². The lowest BCUT2D eigenvalue weighted by Gasteiger charge is -2.23. The topological polar surface area (TPSA) is 64.0 Å². The van der Waals surface area contributed by atoms with Gasteiger partial charge in [0, 0.05) is 17.0 Å². The van der Waals surface area contributed by atoms with Gasteiger partial charge in [-0.1, -0.05) is 24.3 Å². The first-order valence-corrected chi connectivity index (χ1v) is 11.6. The Morgan fingerprint density at radius 3 is 2.75 bits per heavy atom. The number of amides is 1. The molecule has 5 nitrogen and oxygen atoms in total. The molecule has 1 aliphatic rings. The minimum Gasteiger partial charge on any atom is -0.351 e. The summed E-state index contributed by atoms with van der Waals surface area (Å²) < 4.78 is 1.67. The molecule has 0 fully saturated rings. The van der Waals surface area contributed by atoms with Crippen molar-refractivity contribution in [2.45, 2.75) is 82.3 Å². The lowest BCUT2D eigenvalue weighted by molar-refractivity contribution is -0.121. The van der Waals surface area contributed by atoms with Crippen molar-refractivity contribution in [1.29, 1.82) is 0 Å². The van der Waals surface area contributed by atoms with E-state index < -0.39 is 0 Å². The molecule has 2 aromatic rings. The van der Waals surface area contributed by atoms with Crippen LogP contribution in [0, 0.1) is 0 Å². The molecular weight excluding hydrogens is 390 g/mol. The van der Waals surface area contributed by atoms with Crippen LogP contribution in [0.25, 0.3) is 10.2 Å². The van der Waals surface area contributed by atoms with Crippen LogP contribution in [0.4, 0.5) is 0 Å². The van der Waals surface area contributed by atoms with E-state index in [2.05, 4.69) is 11.9 Å². The van der Waals surface area contributed by atoms with E-state index in [9.17, 15) is 9.59 Å². The van der Waals surface area contributed by atoms with Gasteiger partial charge in [0.25, 0.3) is 5.56 Å². The van der Waals surface area contributed by atoms with E-state index in [4.69, 9.17) is 4.98 Å². The first-order valence-electron chi connectivity index (χ1n) is 9.86. The number of fused-ring (bicyclic) bond motifs is 3. The summed E-state index contributed by atoms with van der Waals surface area (Å²) in [6, 6.07) is 0. The van der Waals surface area contributed by atoms with Gasteiger partial charge in [0.1, 0.15) is 4.83 Å². The zero-order valence-corrected chi connectivity index (χ0v) is 18.8. The first kappa shape index (κ1) is 21.1. The molecule has 3 rings (SSSR count). The Morgan fingerprint density at radius 2 is 2.07 bits per heavy atom. The van der Waals surface area contributed by atoms with Crippen molar-refractivity contribution in [3.63, 3.8) is 0 Å². The predicted molar refractivity (Wildman–Crippen MR) is 119 cm³/mol. The fourth-order valence-electron chi connectivity index (χ4n) is 3.46. The highest BCUT2D eigenvalue weighted by atomic mass is 32.2. The molecule has 1 amide bonds. The van der Waals surface area contributed by atoms with E-state index in [0.29, 0.717) is 11.7 Å². The van der Waals surface area contributed by atoms with E-state index in [1.165, 1.54) is 35.0 Å². The van der Waals surface area contributed by atoms with Crippen molar-refractivity contribution >= 4 is 39.2 Å². The molecule has 2 aromatic heterocycles. The Balaban J connectivity index is 2.02. The van der Waals surface area contributed by atoms with Gasteiger partial charge in [0.15, 0.2) is 5.16 Å². The van der Waals surface area contributed by atoms with Crippen LogP contribution in [0.5, 0.6) is 0 Å². The van der Waals surface area contributed by atoms with Gasteiger partial charge in [0.05, 0.1) is 10.6 Å². The van der Waals surface area contributed by atoms with Gasteiger partial charge < -0.3 is 5.32 Å². The fraction of sp³-hybridized carbons (Fsp3) is 0.571. The third kappa shape index (κ3) is 4.51. The van der Waals surface area contributed by atoms with Crippen molar-refractivity contribution in [3.8, 4) is 0 Å². The molecule has 28 heavy (non-hydrogen) atoms. The van der Waals surface area contributed by atoms with Gasteiger partial charge in [-0.05, 0) is 58.9 Å². The van der Waals surface area contributed by atoms with E-state index in [1.54, 1.807) is 22.0 Å². The van der Waals surface area contributed by atoms with Crippen LogP contribution >= 0.6 is 23.1 Å². The second kappa shape index (κ2) is 8.41. The molecule has 0 unspecified atom stereocenters. The Kier molecular flexibility index (Phi) is 6.34. The average molecular weight is 420 g/mol. The molecule has 0 bridgehead atoms. The molecule has 0 saturated heterocycles. The first-order chi connectivity index (χ1) is 13.2. The molecular formula is C21H29N3O2S2. The van der Waals surface area contributed by atoms with Crippen LogP contribution in [0.15, 0.2) is 22.6 Å². The fourth-order valence-corrected chi connectivity index (χ4v) is 5.68. The Labute approximate surface area is 174 Å². The molecule has 0 spiro atoms. The number of hydrogen-bond donors (Lipinski definition) is 1. The number of thioether (sulfide) groups is 1. The SMILES string of the molecule is C=CCn1c(S[C@@H](C)C(=O)NC(C)(C)C)nc2sc3c(c2c1=O)CCCCC3. The number of aromatic nitrogens is 2. The Morgan fingerprint density at radius 1 is 1.36 bits per heavy atom. The minimum atomic E-state index is -0.350. The third-order valence-electron chi connectivity index (χ3n) is 4.75.